The van der Waals surface area contributed by atoms with E-state index in [0.29, 0.717) is 17.0 Å². The third kappa shape index (κ3) is 3.86. The number of primary amides is 1. The molecule has 2 fully saturated rings. The number of hydrogen-bond acceptors (Lipinski definition) is 5. The highest BCUT2D eigenvalue weighted by atomic mass is 32.2. The van der Waals surface area contributed by atoms with Gasteiger partial charge in [0.15, 0.2) is 0 Å². The number of methoxy groups -OCH3 is 1. The molecule has 19 heavy (non-hydrogen) atoms. The maximum absolute atomic E-state index is 12.2. The molecule has 1 amide bonds. The van der Waals surface area contributed by atoms with Gasteiger partial charge in [-0.15, -0.1) is 11.8 Å². The Labute approximate surface area is 118 Å². The van der Waals surface area contributed by atoms with Gasteiger partial charge in [0.05, 0.1) is 12.9 Å². The van der Waals surface area contributed by atoms with Crippen molar-refractivity contribution in [3.05, 3.63) is 0 Å². The van der Waals surface area contributed by atoms with Gasteiger partial charge < -0.3 is 10.5 Å². The lowest BCUT2D eigenvalue weighted by Gasteiger charge is -2.39. The number of nitrogens with two attached hydrogens (primary N) is 1. The van der Waals surface area contributed by atoms with Crippen LogP contribution in [-0.2, 0) is 14.3 Å². The van der Waals surface area contributed by atoms with Crippen LogP contribution in [0.15, 0.2) is 0 Å². The van der Waals surface area contributed by atoms with Crippen molar-refractivity contribution in [1.82, 2.24) is 5.32 Å². The average Bonchev–Trinajstić information content (AvgIpc) is 3.19. The molecular formula is C13H22N2O3S. The predicted molar refractivity (Wildman–Crippen MR) is 74.8 cm³/mol. The van der Waals surface area contributed by atoms with Crippen molar-refractivity contribution in [2.75, 3.05) is 12.9 Å². The molecule has 2 unspecified atom stereocenters. The largest absolute Gasteiger partial charge is 0.468 e. The summed E-state index contributed by atoms with van der Waals surface area (Å²) in [7, 11) is 1.44. The van der Waals surface area contributed by atoms with Gasteiger partial charge in [-0.3, -0.25) is 14.9 Å². The number of rotatable bonds is 6. The number of nitrogens with one attached hydrogen (secondary N) is 1. The molecule has 5 nitrogen and oxygen atoms in total. The number of ether oxygens (including phenoxy) is 1. The second kappa shape index (κ2) is 6.13. The molecule has 108 valence electrons. The molecule has 0 aromatic rings. The summed E-state index contributed by atoms with van der Waals surface area (Å²) >= 11 is 1.56. The Morgan fingerprint density at radius 1 is 1.42 bits per heavy atom. The van der Waals surface area contributed by atoms with E-state index >= 15 is 0 Å². The molecule has 2 aliphatic rings. The second-order valence-corrected chi connectivity index (χ2v) is 6.78. The number of thioether (sulfide) groups is 1. The molecule has 0 aromatic carbocycles. The van der Waals surface area contributed by atoms with Crippen LogP contribution in [0.3, 0.4) is 0 Å². The van der Waals surface area contributed by atoms with Crippen molar-refractivity contribution in [1.29, 1.82) is 0 Å². The maximum atomic E-state index is 12.2. The molecule has 2 saturated carbocycles. The summed E-state index contributed by atoms with van der Waals surface area (Å²) < 4.78 is 4.99. The van der Waals surface area contributed by atoms with E-state index < -0.39 is 5.54 Å². The van der Waals surface area contributed by atoms with Gasteiger partial charge in [-0.2, -0.15) is 0 Å². The Bertz CT molecular complexity index is 360. The zero-order chi connectivity index (χ0) is 13.9. The minimum atomic E-state index is -0.552. The summed E-state index contributed by atoms with van der Waals surface area (Å²) in [4.78, 5) is 23.0. The minimum Gasteiger partial charge on any atom is -0.468 e. The highest BCUT2D eigenvalue weighted by Gasteiger charge is 2.46. The zero-order valence-electron chi connectivity index (χ0n) is 11.3. The van der Waals surface area contributed by atoms with Gasteiger partial charge in [0.2, 0.25) is 5.91 Å². The van der Waals surface area contributed by atoms with Crippen molar-refractivity contribution in [2.24, 2.45) is 5.73 Å². The highest BCUT2D eigenvalue weighted by Crippen LogP contribution is 2.38. The fourth-order valence-electron chi connectivity index (χ4n) is 2.76. The van der Waals surface area contributed by atoms with Gasteiger partial charge in [0.1, 0.15) is 5.54 Å². The quantitative estimate of drug-likeness (QED) is 0.706. The van der Waals surface area contributed by atoms with Crippen LogP contribution in [0, 0.1) is 0 Å². The summed E-state index contributed by atoms with van der Waals surface area (Å²) in [6, 6.07) is 0.457. The van der Waals surface area contributed by atoms with Crippen molar-refractivity contribution in [3.8, 4) is 0 Å². The fraction of sp³-hybridized carbons (Fsp3) is 0.846. The van der Waals surface area contributed by atoms with Gasteiger partial charge in [-0.25, -0.2) is 0 Å². The van der Waals surface area contributed by atoms with E-state index in [9.17, 15) is 9.59 Å². The van der Waals surface area contributed by atoms with Crippen LogP contribution in [0.2, 0.25) is 0 Å². The van der Waals surface area contributed by atoms with Crippen molar-refractivity contribution >= 4 is 23.6 Å². The van der Waals surface area contributed by atoms with E-state index in [-0.39, 0.29) is 11.9 Å². The molecule has 0 heterocycles. The van der Waals surface area contributed by atoms with Crippen molar-refractivity contribution < 1.29 is 14.3 Å². The van der Waals surface area contributed by atoms with Crippen LogP contribution in [0.25, 0.3) is 0 Å². The number of hydrogen-bond donors (Lipinski definition) is 2. The number of amides is 1. The van der Waals surface area contributed by atoms with E-state index in [1.54, 1.807) is 11.8 Å². The van der Waals surface area contributed by atoms with Gasteiger partial charge in [-0.05, 0) is 38.5 Å². The van der Waals surface area contributed by atoms with Crippen LogP contribution in [0.4, 0.5) is 0 Å². The van der Waals surface area contributed by atoms with Crippen LogP contribution in [-0.4, -0.2) is 41.6 Å². The Morgan fingerprint density at radius 3 is 2.74 bits per heavy atom. The normalized spacial score (nSPS) is 30.9. The summed E-state index contributed by atoms with van der Waals surface area (Å²) in [5, 5.41) is 3.77. The molecule has 2 rings (SSSR count). The Morgan fingerprint density at radius 2 is 2.16 bits per heavy atom. The molecular weight excluding hydrogens is 264 g/mol. The lowest BCUT2D eigenvalue weighted by Crippen LogP contribution is -2.56. The van der Waals surface area contributed by atoms with Crippen LogP contribution >= 0.6 is 11.8 Å². The van der Waals surface area contributed by atoms with Gasteiger partial charge in [0, 0.05) is 11.3 Å². The van der Waals surface area contributed by atoms with E-state index in [1.165, 1.54) is 7.11 Å². The number of carbonyl (C=O) groups is 2. The molecule has 0 aliphatic heterocycles. The molecule has 0 saturated heterocycles. The third-order valence-corrected chi connectivity index (χ3v) is 5.13. The molecule has 3 N–H and O–H groups in total. The van der Waals surface area contributed by atoms with Crippen LogP contribution in [0.5, 0.6) is 0 Å². The summed E-state index contributed by atoms with van der Waals surface area (Å²) in [6.07, 6.45) is 5.84. The lowest BCUT2D eigenvalue weighted by atomic mass is 9.81. The zero-order valence-corrected chi connectivity index (χ0v) is 12.1. The molecule has 2 atom stereocenters. The molecule has 0 bridgehead atoms. The van der Waals surface area contributed by atoms with E-state index in [1.807, 2.05) is 0 Å². The number of esters is 1. The predicted octanol–water partition coefficient (Wildman–Crippen LogP) is 0.811. The SMILES string of the molecule is COC(=O)C1(NC2CC2)CCCC(SCC(N)=O)C1. The topological polar surface area (TPSA) is 81.4 Å². The summed E-state index contributed by atoms with van der Waals surface area (Å²) in [5.41, 5.74) is 4.63. The first-order valence-electron chi connectivity index (χ1n) is 6.82. The highest BCUT2D eigenvalue weighted by molar-refractivity contribution is 8.00. The summed E-state index contributed by atoms with van der Waals surface area (Å²) in [6.45, 7) is 0. The first-order chi connectivity index (χ1) is 9.05. The Kier molecular flexibility index (Phi) is 4.73. The average molecular weight is 286 g/mol. The standard InChI is InChI=1S/C13H22N2O3S/c1-18-12(17)13(15-9-4-5-9)6-2-3-10(7-13)19-8-11(14)16/h9-10,15H,2-8H2,1H3,(H2,14,16). The van der Waals surface area contributed by atoms with Crippen LogP contribution in [0.1, 0.15) is 38.5 Å². The number of carbonyl (C=O) groups excluding carboxylic acids is 2. The molecule has 0 radical (unpaired) electrons. The van der Waals surface area contributed by atoms with E-state index in [0.717, 1.165) is 38.5 Å². The Balaban J connectivity index is 1.99. The maximum Gasteiger partial charge on any atom is 0.326 e. The van der Waals surface area contributed by atoms with E-state index in [4.69, 9.17) is 10.5 Å². The first kappa shape index (κ1) is 14.7. The monoisotopic (exact) mass is 286 g/mol. The lowest BCUT2D eigenvalue weighted by molar-refractivity contribution is -0.150. The summed E-state index contributed by atoms with van der Waals surface area (Å²) in [5.74, 6) is -0.135. The van der Waals surface area contributed by atoms with Gasteiger partial charge in [-0.1, -0.05) is 0 Å². The molecule has 2 aliphatic carbocycles. The Hall–Kier alpha value is -0.750. The van der Waals surface area contributed by atoms with Gasteiger partial charge >= 0.3 is 5.97 Å². The van der Waals surface area contributed by atoms with Crippen LogP contribution < -0.4 is 11.1 Å². The smallest absolute Gasteiger partial charge is 0.326 e. The fourth-order valence-corrected chi connectivity index (χ4v) is 3.89. The first-order valence-corrected chi connectivity index (χ1v) is 7.86. The second-order valence-electron chi connectivity index (χ2n) is 5.49. The third-order valence-electron chi connectivity index (χ3n) is 3.80. The molecule has 6 heteroatoms. The van der Waals surface area contributed by atoms with Crippen molar-refractivity contribution in [2.45, 2.75) is 55.4 Å². The van der Waals surface area contributed by atoms with Gasteiger partial charge in [0.25, 0.3) is 0 Å². The molecule has 0 spiro atoms. The minimum absolute atomic E-state index is 0.163. The van der Waals surface area contributed by atoms with Crippen molar-refractivity contribution in [3.63, 3.8) is 0 Å². The molecule has 0 aromatic heterocycles. The van der Waals surface area contributed by atoms with E-state index in [2.05, 4.69) is 5.32 Å².